The zero-order chi connectivity index (χ0) is 17.5. The Labute approximate surface area is 143 Å². The maximum absolute atomic E-state index is 12.3. The smallest absolute Gasteiger partial charge is 0.246 e. The first-order valence-electron chi connectivity index (χ1n) is 8.21. The fraction of sp³-hybridized carbons (Fsp3) is 0.300. The van der Waals surface area contributed by atoms with Gasteiger partial charge in [-0.2, -0.15) is 5.26 Å². The summed E-state index contributed by atoms with van der Waals surface area (Å²) in [5.41, 5.74) is 3.36. The Hall–Kier alpha value is -2.80. The SMILES string of the molecule is CC[C@H](C)c1ccc(N[C@H](C)C(=O)Nc2cccc(C#N)c2)cc1. The van der Waals surface area contributed by atoms with Crippen LogP contribution in [0.5, 0.6) is 0 Å². The number of hydrogen-bond acceptors (Lipinski definition) is 3. The first-order valence-corrected chi connectivity index (χ1v) is 8.21. The minimum absolute atomic E-state index is 0.143. The highest BCUT2D eigenvalue weighted by Crippen LogP contribution is 2.21. The van der Waals surface area contributed by atoms with Gasteiger partial charge < -0.3 is 10.6 Å². The quantitative estimate of drug-likeness (QED) is 0.822. The Balaban J connectivity index is 1.97. The van der Waals surface area contributed by atoms with Crippen molar-refractivity contribution in [1.29, 1.82) is 5.26 Å². The summed E-state index contributed by atoms with van der Waals surface area (Å²) in [5, 5.41) is 14.9. The molecule has 24 heavy (non-hydrogen) atoms. The van der Waals surface area contributed by atoms with Crippen LogP contribution in [0.1, 0.15) is 44.2 Å². The summed E-state index contributed by atoms with van der Waals surface area (Å²) in [6.45, 7) is 6.18. The van der Waals surface area contributed by atoms with Crippen LogP contribution in [0.2, 0.25) is 0 Å². The van der Waals surface area contributed by atoms with Crippen LogP contribution in [0, 0.1) is 11.3 Å². The van der Waals surface area contributed by atoms with Crippen LogP contribution in [0.15, 0.2) is 48.5 Å². The van der Waals surface area contributed by atoms with Gasteiger partial charge in [0.05, 0.1) is 11.6 Å². The number of rotatable bonds is 6. The molecule has 0 saturated heterocycles. The van der Waals surface area contributed by atoms with Gasteiger partial charge in [-0.25, -0.2) is 0 Å². The lowest BCUT2D eigenvalue weighted by Crippen LogP contribution is -2.31. The van der Waals surface area contributed by atoms with E-state index >= 15 is 0 Å². The molecule has 4 heteroatoms. The van der Waals surface area contributed by atoms with Crippen molar-refractivity contribution in [2.24, 2.45) is 0 Å². The molecule has 2 aromatic carbocycles. The minimum atomic E-state index is -0.384. The third-order valence-corrected chi connectivity index (χ3v) is 4.13. The highest BCUT2D eigenvalue weighted by molar-refractivity contribution is 5.96. The molecule has 2 aromatic rings. The monoisotopic (exact) mass is 321 g/mol. The van der Waals surface area contributed by atoms with E-state index in [0.717, 1.165) is 12.1 Å². The lowest BCUT2D eigenvalue weighted by atomic mass is 9.98. The second-order valence-corrected chi connectivity index (χ2v) is 5.98. The number of nitrogens with zero attached hydrogens (tertiary/aromatic N) is 1. The van der Waals surface area contributed by atoms with Crippen LogP contribution in [-0.4, -0.2) is 11.9 Å². The Morgan fingerprint density at radius 2 is 1.83 bits per heavy atom. The first-order chi connectivity index (χ1) is 11.5. The first kappa shape index (κ1) is 17.6. The van der Waals surface area contributed by atoms with Crippen LogP contribution < -0.4 is 10.6 Å². The topological polar surface area (TPSA) is 64.9 Å². The summed E-state index contributed by atoms with van der Waals surface area (Å²) in [7, 11) is 0. The summed E-state index contributed by atoms with van der Waals surface area (Å²) >= 11 is 0. The van der Waals surface area contributed by atoms with Crippen LogP contribution >= 0.6 is 0 Å². The highest BCUT2D eigenvalue weighted by Gasteiger charge is 2.13. The van der Waals surface area contributed by atoms with Crippen LogP contribution in [0.4, 0.5) is 11.4 Å². The van der Waals surface area contributed by atoms with Gasteiger partial charge in [0.15, 0.2) is 0 Å². The van der Waals surface area contributed by atoms with Gasteiger partial charge in [0.1, 0.15) is 6.04 Å². The highest BCUT2D eigenvalue weighted by atomic mass is 16.2. The van der Waals surface area contributed by atoms with Crippen molar-refractivity contribution in [3.05, 3.63) is 59.7 Å². The Morgan fingerprint density at radius 3 is 2.46 bits per heavy atom. The van der Waals surface area contributed by atoms with Gasteiger partial charge in [-0.05, 0) is 55.2 Å². The zero-order valence-electron chi connectivity index (χ0n) is 14.3. The average molecular weight is 321 g/mol. The molecule has 0 heterocycles. The second-order valence-electron chi connectivity index (χ2n) is 5.98. The number of nitriles is 1. The lowest BCUT2D eigenvalue weighted by Gasteiger charge is -2.16. The largest absolute Gasteiger partial charge is 0.374 e. The molecule has 0 bridgehead atoms. The van der Waals surface area contributed by atoms with Gasteiger partial charge in [0.2, 0.25) is 5.91 Å². The van der Waals surface area contributed by atoms with Crippen LogP contribution in [-0.2, 0) is 4.79 Å². The van der Waals surface area contributed by atoms with E-state index < -0.39 is 0 Å². The third-order valence-electron chi connectivity index (χ3n) is 4.13. The van der Waals surface area contributed by atoms with Crippen molar-refractivity contribution in [2.45, 2.75) is 39.2 Å². The molecule has 4 nitrogen and oxygen atoms in total. The van der Waals surface area contributed by atoms with Crippen LogP contribution in [0.3, 0.4) is 0 Å². The molecule has 0 radical (unpaired) electrons. The van der Waals surface area contributed by atoms with Crippen molar-refractivity contribution in [3.8, 4) is 6.07 Å². The number of benzene rings is 2. The number of carbonyl (C=O) groups excluding carboxylic acids is 1. The van der Waals surface area contributed by atoms with E-state index in [4.69, 9.17) is 5.26 Å². The lowest BCUT2D eigenvalue weighted by molar-refractivity contribution is -0.116. The molecule has 0 spiro atoms. The molecule has 2 atom stereocenters. The van der Waals surface area contributed by atoms with Gasteiger partial charge in [-0.3, -0.25) is 4.79 Å². The summed E-state index contributed by atoms with van der Waals surface area (Å²) in [4.78, 5) is 12.3. The molecular weight excluding hydrogens is 298 g/mol. The molecule has 0 unspecified atom stereocenters. The van der Waals surface area contributed by atoms with Gasteiger partial charge in [-0.15, -0.1) is 0 Å². The van der Waals surface area contributed by atoms with Crippen molar-refractivity contribution in [2.75, 3.05) is 10.6 Å². The normalized spacial score (nSPS) is 12.8. The summed E-state index contributed by atoms with van der Waals surface area (Å²) in [5.74, 6) is 0.392. The van der Waals surface area contributed by atoms with Gasteiger partial charge in [0, 0.05) is 11.4 Å². The van der Waals surface area contributed by atoms with Gasteiger partial charge in [0.25, 0.3) is 0 Å². The van der Waals surface area contributed by atoms with Crippen molar-refractivity contribution in [1.82, 2.24) is 0 Å². The minimum Gasteiger partial charge on any atom is -0.374 e. The fourth-order valence-electron chi connectivity index (χ4n) is 2.38. The molecule has 0 aliphatic carbocycles. The predicted molar refractivity (Wildman–Crippen MR) is 98.0 cm³/mol. The van der Waals surface area contributed by atoms with E-state index in [1.165, 1.54) is 5.56 Å². The summed E-state index contributed by atoms with van der Waals surface area (Å²) < 4.78 is 0. The molecule has 0 saturated carbocycles. The maximum atomic E-state index is 12.3. The van der Waals surface area contributed by atoms with Crippen molar-refractivity contribution < 1.29 is 4.79 Å². The maximum Gasteiger partial charge on any atom is 0.246 e. The molecule has 2 rings (SSSR count). The van der Waals surface area contributed by atoms with E-state index in [2.05, 4.69) is 42.7 Å². The molecule has 0 aliphatic heterocycles. The predicted octanol–water partition coefficient (Wildman–Crippen LogP) is 4.51. The third kappa shape index (κ3) is 4.60. The Morgan fingerprint density at radius 1 is 1.12 bits per heavy atom. The molecule has 0 fully saturated rings. The van der Waals surface area contributed by atoms with Crippen LogP contribution in [0.25, 0.3) is 0 Å². The number of amides is 1. The number of hydrogen-bond donors (Lipinski definition) is 2. The van der Waals surface area contributed by atoms with Gasteiger partial charge >= 0.3 is 0 Å². The molecule has 1 amide bonds. The summed E-state index contributed by atoms with van der Waals surface area (Å²) in [6, 6.07) is 16.8. The molecule has 124 valence electrons. The van der Waals surface area contributed by atoms with E-state index in [1.54, 1.807) is 24.3 Å². The van der Waals surface area contributed by atoms with Crippen molar-refractivity contribution in [3.63, 3.8) is 0 Å². The molecule has 0 aromatic heterocycles. The van der Waals surface area contributed by atoms with E-state index in [0.29, 0.717) is 17.2 Å². The number of anilines is 2. The van der Waals surface area contributed by atoms with E-state index in [1.807, 2.05) is 19.1 Å². The second kappa shape index (κ2) is 8.16. The van der Waals surface area contributed by atoms with Crippen molar-refractivity contribution >= 4 is 17.3 Å². The standard InChI is InChI=1S/C20H23N3O/c1-4-14(2)17-8-10-18(11-9-17)22-15(3)20(24)23-19-7-5-6-16(12-19)13-21/h5-12,14-15,22H,4H2,1-3H3,(H,23,24)/t14-,15+/m0/s1. The van der Waals surface area contributed by atoms with E-state index in [-0.39, 0.29) is 11.9 Å². The number of carbonyl (C=O) groups is 1. The van der Waals surface area contributed by atoms with Gasteiger partial charge in [-0.1, -0.05) is 32.0 Å². The molecular formula is C20H23N3O. The summed E-state index contributed by atoms with van der Waals surface area (Å²) in [6.07, 6.45) is 1.10. The molecule has 2 N–H and O–H groups in total. The Kier molecular flexibility index (Phi) is 5.97. The zero-order valence-corrected chi connectivity index (χ0v) is 14.3. The fourth-order valence-corrected chi connectivity index (χ4v) is 2.38. The number of nitrogens with one attached hydrogen (secondary N) is 2. The van der Waals surface area contributed by atoms with E-state index in [9.17, 15) is 4.79 Å². The molecule has 0 aliphatic rings. The Bertz CT molecular complexity index is 731. The average Bonchev–Trinajstić information content (AvgIpc) is 2.61.